The second kappa shape index (κ2) is 4.96. The minimum absolute atomic E-state index is 0.341. The van der Waals surface area contributed by atoms with E-state index in [9.17, 15) is 18.0 Å². The Balaban J connectivity index is 3.28. The molecule has 0 saturated carbocycles. The summed E-state index contributed by atoms with van der Waals surface area (Å²) in [7, 11) is 1.20. The SMILES string of the molecule is CC(C#N)N(C)C(=O)c1cc(F)c(F)c(O)c1F. The summed E-state index contributed by atoms with van der Waals surface area (Å²) in [5.74, 6) is -7.46. The standard InChI is InChI=1S/C11H9F3N2O2/c1-5(4-15)16(2)11(18)6-3-7(12)9(14)10(17)8(6)13/h3,5,17H,1-2H3. The van der Waals surface area contributed by atoms with Gasteiger partial charge in [0.05, 0.1) is 11.6 Å². The highest BCUT2D eigenvalue weighted by atomic mass is 19.2. The maximum atomic E-state index is 13.4. The number of aromatic hydroxyl groups is 1. The first-order valence-corrected chi connectivity index (χ1v) is 4.84. The third-order valence-corrected chi connectivity index (χ3v) is 2.45. The van der Waals surface area contributed by atoms with Crippen molar-refractivity contribution in [1.82, 2.24) is 4.90 Å². The Labute approximate surface area is 101 Å². The van der Waals surface area contributed by atoms with Crippen LogP contribution in [0.4, 0.5) is 13.2 Å². The number of amides is 1. The molecule has 1 atom stereocenters. The van der Waals surface area contributed by atoms with E-state index in [0.29, 0.717) is 6.07 Å². The van der Waals surface area contributed by atoms with Crippen molar-refractivity contribution in [3.63, 3.8) is 0 Å². The molecule has 1 unspecified atom stereocenters. The number of carbonyl (C=O) groups excluding carboxylic acids is 1. The van der Waals surface area contributed by atoms with E-state index in [1.165, 1.54) is 14.0 Å². The van der Waals surface area contributed by atoms with Gasteiger partial charge in [0.25, 0.3) is 5.91 Å². The summed E-state index contributed by atoms with van der Waals surface area (Å²) in [5, 5.41) is 17.6. The van der Waals surface area contributed by atoms with Gasteiger partial charge in [0.15, 0.2) is 17.4 Å². The van der Waals surface area contributed by atoms with Crippen LogP contribution in [-0.2, 0) is 0 Å². The van der Waals surface area contributed by atoms with E-state index >= 15 is 0 Å². The van der Waals surface area contributed by atoms with Gasteiger partial charge in [0.2, 0.25) is 5.82 Å². The number of hydrogen-bond donors (Lipinski definition) is 1. The minimum atomic E-state index is -1.76. The van der Waals surface area contributed by atoms with Crippen molar-refractivity contribution in [2.45, 2.75) is 13.0 Å². The number of nitrogens with zero attached hydrogens (tertiary/aromatic N) is 2. The molecular weight excluding hydrogens is 249 g/mol. The fourth-order valence-corrected chi connectivity index (χ4v) is 1.20. The lowest BCUT2D eigenvalue weighted by molar-refractivity contribution is 0.0766. The Morgan fingerprint density at radius 1 is 1.44 bits per heavy atom. The van der Waals surface area contributed by atoms with Gasteiger partial charge in [-0.15, -0.1) is 0 Å². The molecule has 0 spiro atoms. The van der Waals surface area contributed by atoms with Crippen LogP contribution >= 0.6 is 0 Å². The van der Waals surface area contributed by atoms with Crippen molar-refractivity contribution >= 4 is 5.91 Å². The molecule has 0 radical (unpaired) electrons. The number of benzene rings is 1. The number of nitriles is 1. The van der Waals surface area contributed by atoms with Gasteiger partial charge in [-0.1, -0.05) is 0 Å². The van der Waals surface area contributed by atoms with Crippen molar-refractivity contribution in [3.05, 3.63) is 29.1 Å². The quantitative estimate of drug-likeness (QED) is 0.822. The number of phenols is 1. The van der Waals surface area contributed by atoms with Gasteiger partial charge in [0.1, 0.15) is 6.04 Å². The average Bonchev–Trinajstić information content (AvgIpc) is 2.37. The molecule has 0 aromatic heterocycles. The van der Waals surface area contributed by atoms with E-state index in [1.54, 1.807) is 6.07 Å². The molecule has 1 rings (SSSR count). The summed E-state index contributed by atoms with van der Waals surface area (Å²) in [6.45, 7) is 1.37. The molecule has 4 nitrogen and oxygen atoms in total. The molecule has 0 heterocycles. The van der Waals surface area contributed by atoms with Crippen molar-refractivity contribution in [1.29, 1.82) is 5.26 Å². The van der Waals surface area contributed by atoms with E-state index in [-0.39, 0.29) is 0 Å². The van der Waals surface area contributed by atoms with Crippen LogP contribution in [0.15, 0.2) is 6.07 Å². The molecule has 18 heavy (non-hydrogen) atoms. The topological polar surface area (TPSA) is 64.3 Å². The molecule has 1 aromatic rings. The van der Waals surface area contributed by atoms with Crippen LogP contribution in [0.25, 0.3) is 0 Å². The smallest absolute Gasteiger partial charge is 0.257 e. The zero-order valence-electron chi connectivity index (χ0n) is 9.54. The maximum Gasteiger partial charge on any atom is 0.257 e. The molecule has 0 fully saturated rings. The predicted octanol–water partition coefficient (Wildman–Crippen LogP) is 1.79. The average molecular weight is 258 g/mol. The largest absolute Gasteiger partial charge is 0.503 e. The van der Waals surface area contributed by atoms with E-state index in [0.717, 1.165) is 4.90 Å². The summed E-state index contributed by atoms with van der Waals surface area (Å²) in [6, 6.07) is 1.19. The highest BCUT2D eigenvalue weighted by molar-refractivity contribution is 5.95. The van der Waals surface area contributed by atoms with E-state index in [1.807, 2.05) is 0 Å². The number of phenolic OH excluding ortho intramolecular Hbond substituents is 1. The fourth-order valence-electron chi connectivity index (χ4n) is 1.20. The monoisotopic (exact) mass is 258 g/mol. The van der Waals surface area contributed by atoms with Gasteiger partial charge >= 0.3 is 0 Å². The molecule has 96 valence electrons. The van der Waals surface area contributed by atoms with Crippen LogP contribution in [0.3, 0.4) is 0 Å². The molecular formula is C11H9F3N2O2. The van der Waals surface area contributed by atoms with Crippen LogP contribution in [0.5, 0.6) is 5.75 Å². The lowest BCUT2D eigenvalue weighted by Crippen LogP contribution is -2.34. The van der Waals surface area contributed by atoms with Crippen LogP contribution in [-0.4, -0.2) is 29.0 Å². The number of hydrogen-bond acceptors (Lipinski definition) is 3. The highest BCUT2D eigenvalue weighted by Gasteiger charge is 2.26. The third kappa shape index (κ3) is 2.22. The Hall–Kier alpha value is -2.23. The lowest BCUT2D eigenvalue weighted by atomic mass is 10.1. The number of halogens is 3. The van der Waals surface area contributed by atoms with Crippen molar-refractivity contribution < 1.29 is 23.1 Å². The maximum absolute atomic E-state index is 13.4. The molecule has 7 heteroatoms. The Morgan fingerprint density at radius 3 is 2.50 bits per heavy atom. The van der Waals surface area contributed by atoms with E-state index < -0.39 is 40.7 Å². The first-order valence-electron chi connectivity index (χ1n) is 4.84. The molecule has 0 aliphatic heterocycles. The van der Waals surface area contributed by atoms with Crippen LogP contribution in [0, 0.1) is 28.8 Å². The lowest BCUT2D eigenvalue weighted by Gasteiger charge is -2.19. The highest BCUT2D eigenvalue weighted by Crippen LogP contribution is 2.26. The summed E-state index contributed by atoms with van der Waals surface area (Å²) < 4.78 is 39.2. The summed E-state index contributed by atoms with van der Waals surface area (Å²) in [4.78, 5) is 12.6. The van der Waals surface area contributed by atoms with Crippen LogP contribution in [0.2, 0.25) is 0 Å². The second-order valence-corrected chi connectivity index (χ2v) is 3.60. The zero-order chi connectivity index (χ0) is 14.0. The first-order chi connectivity index (χ1) is 8.31. The van der Waals surface area contributed by atoms with Gasteiger partial charge in [-0.25, -0.2) is 8.78 Å². The summed E-state index contributed by atoms with van der Waals surface area (Å²) in [5.41, 5.74) is -0.837. The van der Waals surface area contributed by atoms with Crippen molar-refractivity contribution in [2.75, 3.05) is 7.05 Å². The Bertz CT molecular complexity index is 540. The van der Waals surface area contributed by atoms with E-state index in [4.69, 9.17) is 10.4 Å². The Kier molecular flexibility index (Phi) is 3.81. The normalized spacial score (nSPS) is 11.8. The van der Waals surface area contributed by atoms with Crippen LogP contribution in [0.1, 0.15) is 17.3 Å². The molecule has 1 N–H and O–H groups in total. The Morgan fingerprint density at radius 2 is 2.00 bits per heavy atom. The minimum Gasteiger partial charge on any atom is -0.503 e. The molecule has 0 bridgehead atoms. The predicted molar refractivity (Wildman–Crippen MR) is 55.1 cm³/mol. The molecule has 0 aliphatic rings. The molecule has 1 amide bonds. The zero-order valence-corrected chi connectivity index (χ0v) is 9.54. The second-order valence-electron chi connectivity index (χ2n) is 3.60. The van der Waals surface area contributed by atoms with Gasteiger partial charge in [-0.05, 0) is 13.0 Å². The molecule has 1 aromatic carbocycles. The number of carbonyl (C=O) groups is 1. The number of rotatable bonds is 2. The third-order valence-electron chi connectivity index (χ3n) is 2.45. The van der Waals surface area contributed by atoms with Crippen molar-refractivity contribution in [2.24, 2.45) is 0 Å². The molecule has 0 aliphatic carbocycles. The van der Waals surface area contributed by atoms with Gasteiger partial charge in [-0.3, -0.25) is 4.79 Å². The van der Waals surface area contributed by atoms with Gasteiger partial charge < -0.3 is 10.0 Å². The van der Waals surface area contributed by atoms with Gasteiger partial charge in [0, 0.05) is 7.05 Å². The summed E-state index contributed by atoms with van der Waals surface area (Å²) in [6.07, 6.45) is 0. The fraction of sp³-hybridized carbons (Fsp3) is 0.273. The van der Waals surface area contributed by atoms with Gasteiger partial charge in [-0.2, -0.15) is 9.65 Å². The van der Waals surface area contributed by atoms with Crippen molar-refractivity contribution in [3.8, 4) is 11.8 Å². The van der Waals surface area contributed by atoms with E-state index in [2.05, 4.69) is 0 Å². The van der Waals surface area contributed by atoms with Crippen LogP contribution < -0.4 is 0 Å². The first kappa shape index (κ1) is 13.8. The summed E-state index contributed by atoms with van der Waals surface area (Å²) >= 11 is 0. The molecule has 0 saturated heterocycles.